The number of alkyl halides is 10. The van der Waals surface area contributed by atoms with Gasteiger partial charge >= 0.3 is 30.3 Å². The van der Waals surface area contributed by atoms with E-state index in [2.05, 4.69) is 16.0 Å². The third kappa shape index (κ3) is 22.3. The minimum Gasteiger partial charge on any atom is -0.479 e. The molecule has 2 unspecified atom stereocenters. The fraction of sp³-hybridized carbons (Fsp3) is 0.484. The fourth-order valence-corrected chi connectivity index (χ4v) is 9.17. The van der Waals surface area contributed by atoms with Crippen molar-refractivity contribution in [1.82, 2.24) is 31.5 Å². The van der Waals surface area contributed by atoms with Crippen LogP contribution in [0.1, 0.15) is 114 Å². The molecule has 2 heterocycles. The van der Waals surface area contributed by atoms with Gasteiger partial charge in [-0.05, 0) is 62.1 Å². The van der Waals surface area contributed by atoms with Crippen LogP contribution in [0, 0.1) is 24.7 Å². The van der Waals surface area contributed by atoms with E-state index in [-0.39, 0.29) is 70.7 Å². The number of aliphatic hydroxyl groups excluding tert-OH is 2. The Hall–Kier alpha value is -8.18. The zero-order valence-electron chi connectivity index (χ0n) is 48.1. The summed E-state index contributed by atoms with van der Waals surface area (Å²) in [7, 11) is 0. The first kappa shape index (κ1) is 82.8. The van der Waals surface area contributed by atoms with Gasteiger partial charge in [-0.3, -0.25) is 38.9 Å². The summed E-state index contributed by atoms with van der Waals surface area (Å²) in [6.07, 6.45) is -13.4. The molecule has 29 heteroatoms. The number of aliphatic hydroxyl groups is 2. The number of carboxylic acid groups (broad SMARTS) is 1. The highest BCUT2D eigenvalue weighted by Gasteiger charge is 2.65. The maximum absolute atomic E-state index is 15.0. The molecule has 2 aliphatic rings. The third-order valence-corrected chi connectivity index (χ3v) is 14.3. The number of nitrogens with zero attached hydrogens (tertiary/aromatic N) is 1. The molecule has 91 heavy (non-hydrogen) atoms. The highest BCUT2D eigenvalue weighted by atomic mass is 19.4. The number of hydrogen-bond acceptors (Lipinski definition) is 13. The monoisotopic (exact) mass is 1310 g/mol. The van der Waals surface area contributed by atoms with Crippen LogP contribution in [0.5, 0.6) is 11.5 Å². The van der Waals surface area contributed by atoms with Crippen molar-refractivity contribution in [1.29, 1.82) is 0 Å². The van der Waals surface area contributed by atoms with E-state index in [0.29, 0.717) is 16.0 Å². The number of ether oxygens (including phenoxy) is 2. The van der Waals surface area contributed by atoms with E-state index in [1.807, 2.05) is 6.07 Å². The lowest BCUT2D eigenvalue weighted by atomic mass is 9.81. The summed E-state index contributed by atoms with van der Waals surface area (Å²) < 4.78 is 141. The Morgan fingerprint density at radius 1 is 0.582 bits per heavy atom. The van der Waals surface area contributed by atoms with Crippen LogP contribution in [0.15, 0.2) is 97.1 Å². The van der Waals surface area contributed by atoms with Crippen molar-refractivity contribution in [2.45, 2.75) is 159 Å². The van der Waals surface area contributed by atoms with E-state index >= 15 is 8.78 Å². The number of carbonyl (C=O) groups is 8. The zero-order valence-corrected chi connectivity index (χ0v) is 48.1. The van der Waals surface area contributed by atoms with Gasteiger partial charge in [0, 0.05) is 36.1 Å². The molecule has 0 saturated carbocycles. The zero-order chi connectivity index (χ0) is 65.8. The Kier molecular flexibility index (Phi) is 30.7. The molecule has 4 aromatic rings. The van der Waals surface area contributed by atoms with Crippen molar-refractivity contribution in [2.24, 2.45) is 10.8 Å². The maximum Gasteiger partial charge on any atom is 0.405 e. The van der Waals surface area contributed by atoms with Crippen molar-refractivity contribution in [3.8, 4) is 11.5 Å². The van der Waals surface area contributed by atoms with Crippen LogP contribution >= 0.6 is 0 Å². The smallest absolute Gasteiger partial charge is 0.405 e. The molecular formula is C62H82F10N6O13. The van der Waals surface area contributed by atoms with Crippen molar-refractivity contribution in [3.63, 3.8) is 0 Å². The molecule has 0 bridgehead atoms. The van der Waals surface area contributed by atoms with Gasteiger partial charge in [-0.25, -0.2) is 22.4 Å². The van der Waals surface area contributed by atoms with Crippen LogP contribution < -0.4 is 36.1 Å². The molecule has 0 radical (unpaired) electrons. The van der Waals surface area contributed by atoms with Crippen molar-refractivity contribution in [3.05, 3.63) is 130 Å². The Morgan fingerprint density at radius 3 is 1.32 bits per heavy atom. The topological polar surface area (TPSA) is 279 Å². The van der Waals surface area contributed by atoms with Gasteiger partial charge in [0.1, 0.15) is 30.6 Å². The van der Waals surface area contributed by atoms with Gasteiger partial charge in [-0.15, -0.1) is 0 Å². The molecule has 0 aliphatic carbocycles. The summed E-state index contributed by atoms with van der Waals surface area (Å²) in [6, 6.07) is 20.3. The Balaban J connectivity index is 0.00000144. The summed E-state index contributed by atoms with van der Waals surface area (Å²) in [5.74, 6) is -14.4. The summed E-state index contributed by atoms with van der Waals surface area (Å²) in [6.45, 7) is 4.30. The molecule has 2 fully saturated rings. The van der Waals surface area contributed by atoms with Gasteiger partial charge in [0.05, 0.1) is 42.0 Å². The molecule has 0 aromatic heterocycles. The number of hydrogen-bond donors (Lipinski definition) is 8. The average Bonchev–Trinajstić information content (AvgIpc) is 1.62. The largest absolute Gasteiger partial charge is 0.479 e. The molecule has 6 rings (SSSR count). The lowest BCUT2D eigenvalue weighted by Gasteiger charge is -2.34. The maximum atomic E-state index is 15.0. The number of rotatable bonds is 18. The third-order valence-electron chi connectivity index (χ3n) is 14.3. The summed E-state index contributed by atoms with van der Waals surface area (Å²) in [5.41, 5.74) is -1.76. The molecule has 508 valence electrons. The van der Waals surface area contributed by atoms with Crippen molar-refractivity contribution in [2.75, 3.05) is 26.2 Å². The fourth-order valence-electron chi connectivity index (χ4n) is 9.17. The van der Waals surface area contributed by atoms with E-state index < -0.39 is 145 Å². The van der Waals surface area contributed by atoms with E-state index in [4.69, 9.17) is 14.6 Å². The van der Waals surface area contributed by atoms with Crippen LogP contribution in [0.25, 0.3) is 0 Å². The SMILES string of the molecule is C.C.C.C.CC(=O)Oc1cccc(C(=O)N[C@@H](Cc2ccccc2)[C@H](O)C(=O)N2CC(F)(F)C(C)(C)C2C(=O)NCC(F)(F)F)c1C.CC(=O)Oc1cccc(C(=O)N[C@@H](Cc2ccccc2)[C@H](O)C(=O)O)c1C.CC1(C)C(C(=O)NCC(F)(F)F)NCC1(F)F. The van der Waals surface area contributed by atoms with Gasteiger partial charge in [-0.1, -0.05) is 130 Å². The molecule has 0 spiro atoms. The first-order valence-electron chi connectivity index (χ1n) is 26.4. The number of amides is 5. The predicted molar refractivity (Wildman–Crippen MR) is 317 cm³/mol. The Bertz CT molecular complexity index is 3110. The van der Waals surface area contributed by atoms with Crippen LogP contribution in [-0.4, -0.2) is 154 Å². The number of benzene rings is 4. The number of esters is 2. The number of halogens is 10. The van der Waals surface area contributed by atoms with Crippen molar-refractivity contribution < 1.29 is 107 Å². The number of carbonyl (C=O) groups excluding carboxylic acids is 7. The minimum atomic E-state index is -4.84. The summed E-state index contributed by atoms with van der Waals surface area (Å²) >= 11 is 0. The first-order valence-corrected chi connectivity index (χ1v) is 26.4. The summed E-state index contributed by atoms with van der Waals surface area (Å²) in [5, 5.41) is 40.9. The lowest BCUT2D eigenvalue weighted by molar-refractivity contribution is -0.151. The number of likely N-dealkylation sites (tertiary alicyclic amines) is 1. The Morgan fingerprint density at radius 2 is 0.967 bits per heavy atom. The second-order valence-corrected chi connectivity index (χ2v) is 21.5. The molecule has 5 amide bonds. The van der Waals surface area contributed by atoms with Crippen LogP contribution in [0.4, 0.5) is 43.9 Å². The second kappa shape index (κ2) is 33.8. The Labute approximate surface area is 522 Å². The normalized spacial score (nSPS) is 17.7. The standard InChI is InChI=1S/C29H32F5N3O6.C20H21NO6.C9H13F5N2O.4CH4/c1-16-19(11-8-12-21(16)43-17(2)38)24(40)36-20(13-18-9-6-5-7-10-18)22(39)26(42)37-15-28(30,31)27(3,4)23(37)25(41)35-14-29(32,33)34;1-12-15(9-6-10-17(12)27-13(2)22)19(24)21-16(18(23)20(25)26)11-14-7-4-3-5-8-14;1-7(2)5(15-3-8(7,10)11)6(17)16-4-9(12,13)14;;;;/h5-12,20,22-23,39H,13-15H2,1-4H3,(H,35,41)(H,36,40);3-10,16,18,23H,11H2,1-2H3,(H,21,24)(H,25,26);5,15H,3-4H2,1-2H3,(H,16,17);4*1H4/t20-,22-,23?;16-,18-;;;;;/m00...../s1. The minimum absolute atomic E-state index is 0. The van der Waals surface area contributed by atoms with Gasteiger partial charge in [0.15, 0.2) is 12.2 Å². The average molecular weight is 1310 g/mol. The van der Waals surface area contributed by atoms with E-state index in [0.717, 1.165) is 33.3 Å². The van der Waals surface area contributed by atoms with E-state index in [1.54, 1.807) is 84.3 Å². The van der Waals surface area contributed by atoms with Gasteiger partial charge < -0.3 is 51.0 Å². The molecule has 6 atom stereocenters. The van der Waals surface area contributed by atoms with Crippen molar-refractivity contribution >= 4 is 47.4 Å². The summed E-state index contributed by atoms with van der Waals surface area (Å²) in [4.78, 5) is 97.9. The molecule has 19 nitrogen and oxygen atoms in total. The van der Waals surface area contributed by atoms with Gasteiger partial charge in [0.25, 0.3) is 29.6 Å². The van der Waals surface area contributed by atoms with Crippen LogP contribution in [0.3, 0.4) is 0 Å². The van der Waals surface area contributed by atoms with Gasteiger partial charge in [0.2, 0.25) is 11.8 Å². The second-order valence-electron chi connectivity index (χ2n) is 21.5. The number of carboxylic acids is 1. The molecular weight excluding hydrogens is 1230 g/mol. The lowest BCUT2D eigenvalue weighted by Crippen LogP contribution is -2.58. The highest BCUT2D eigenvalue weighted by Crippen LogP contribution is 2.48. The number of nitrogens with one attached hydrogen (secondary N) is 5. The van der Waals surface area contributed by atoms with E-state index in [9.17, 15) is 83.7 Å². The van der Waals surface area contributed by atoms with Crippen LogP contribution in [-0.2, 0) is 41.6 Å². The molecule has 2 aliphatic heterocycles. The highest BCUT2D eigenvalue weighted by molar-refractivity contribution is 5.98. The quantitative estimate of drug-likeness (QED) is 0.0263. The molecule has 2 saturated heterocycles. The van der Waals surface area contributed by atoms with Gasteiger partial charge in [-0.2, -0.15) is 26.3 Å². The number of aliphatic carboxylic acids is 1. The first-order chi connectivity index (χ1) is 40.1. The molecule has 8 N–H and O–H groups in total. The molecule has 4 aromatic carbocycles. The van der Waals surface area contributed by atoms with E-state index in [1.165, 1.54) is 45.0 Å². The predicted octanol–water partition coefficient (Wildman–Crippen LogP) is 8.72. The van der Waals surface area contributed by atoms with Crippen LogP contribution in [0.2, 0.25) is 0 Å².